The number of likely N-dealkylation sites (tertiary alicyclic amines) is 1. The lowest BCUT2D eigenvalue weighted by Crippen LogP contribution is -2.42. The van der Waals surface area contributed by atoms with Crippen molar-refractivity contribution >= 4 is 0 Å². The minimum atomic E-state index is 0.664. The average Bonchev–Trinajstić information content (AvgIpc) is 3.00. The maximum Gasteiger partial charge on any atom is 0.113 e. The first kappa shape index (κ1) is 14.7. The van der Waals surface area contributed by atoms with E-state index >= 15 is 0 Å². The molecule has 0 saturated carbocycles. The maximum atomic E-state index is 4.83. The number of hydrogen-bond acceptors (Lipinski definition) is 3. The number of aromatic nitrogens is 2. The molecule has 2 saturated heterocycles. The van der Waals surface area contributed by atoms with E-state index in [0.717, 1.165) is 5.92 Å². The van der Waals surface area contributed by atoms with Crippen LogP contribution in [-0.4, -0.2) is 47.2 Å². The average molecular weight is 302 g/mol. The van der Waals surface area contributed by atoms with Crippen LogP contribution in [-0.2, 0) is 13.0 Å². The predicted octanol–water partition coefficient (Wildman–Crippen LogP) is 2.40. The lowest BCUT2D eigenvalue weighted by molar-refractivity contribution is 0.161. The largest absolute Gasteiger partial charge is 0.332 e. The zero-order valence-electron chi connectivity index (χ0n) is 13.8. The van der Waals surface area contributed by atoms with Gasteiger partial charge in [0.1, 0.15) is 5.82 Å². The van der Waals surface area contributed by atoms with E-state index < -0.39 is 0 Å². The molecule has 0 spiro atoms. The van der Waals surface area contributed by atoms with Crippen molar-refractivity contribution in [3.63, 3.8) is 0 Å². The molecule has 4 heterocycles. The molecule has 0 aromatic carbocycles. The molecule has 0 amide bonds. The van der Waals surface area contributed by atoms with E-state index in [1.165, 1.54) is 95.7 Å². The number of hydrogen-bond donors (Lipinski definition) is 1. The number of nitrogens with one attached hydrogen (secondary N) is 1. The van der Waals surface area contributed by atoms with Crippen molar-refractivity contribution in [3.05, 3.63) is 17.7 Å². The van der Waals surface area contributed by atoms with Crippen molar-refractivity contribution in [3.8, 4) is 0 Å². The van der Waals surface area contributed by atoms with Crippen LogP contribution in [0.15, 0.2) is 6.20 Å². The number of aryl methyl sites for hydroxylation is 1. The Hall–Kier alpha value is -0.870. The molecule has 0 radical (unpaired) electrons. The Morgan fingerprint density at radius 1 is 1.14 bits per heavy atom. The Balaban J connectivity index is 1.41. The van der Waals surface area contributed by atoms with E-state index in [0.29, 0.717) is 5.92 Å². The van der Waals surface area contributed by atoms with Gasteiger partial charge in [0.2, 0.25) is 0 Å². The first-order valence-corrected chi connectivity index (χ1v) is 9.37. The predicted molar refractivity (Wildman–Crippen MR) is 89.2 cm³/mol. The zero-order chi connectivity index (χ0) is 14.8. The lowest BCUT2D eigenvalue weighted by atomic mass is 9.93. The van der Waals surface area contributed by atoms with Gasteiger partial charge in [0.05, 0.1) is 0 Å². The first-order chi connectivity index (χ1) is 10.9. The standard InChI is InChI=1S/C18H30N4/c1-2-10-22-17(7-1)12-20-18(22)16-6-4-9-21(14-16)13-15-5-3-8-19-11-15/h12,15-16,19H,1-11,13-14H2. The molecule has 4 heteroatoms. The van der Waals surface area contributed by atoms with Crippen LogP contribution in [0.2, 0.25) is 0 Å². The quantitative estimate of drug-likeness (QED) is 0.931. The molecule has 22 heavy (non-hydrogen) atoms. The molecule has 1 N–H and O–H groups in total. The van der Waals surface area contributed by atoms with Gasteiger partial charge in [0, 0.05) is 37.4 Å². The van der Waals surface area contributed by atoms with Crippen LogP contribution < -0.4 is 5.32 Å². The number of rotatable bonds is 3. The topological polar surface area (TPSA) is 33.1 Å². The van der Waals surface area contributed by atoms with Crippen molar-refractivity contribution in [1.82, 2.24) is 19.8 Å². The third-order valence-electron chi connectivity index (χ3n) is 5.82. The van der Waals surface area contributed by atoms with Gasteiger partial charge in [-0.15, -0.1) is 0 Å². The van der Waals surface area contributed by atoms with Gasteiger partial charge in [-0.05, 0) is 70.5 Å². The van der Waals surface area contributed by atoms with Crippen LogP contribution in [0.25, 0.3) is 0 Å². The van der Waals surface area contributed by atoms with Gasteiger partial charge in [-0.3, -0.25) is 0 Å². The summed E-state index contributed by atoms with van der Waals surface area (Å²) in [6.45, 7) is 7.46. The van der Waals surface area contributed by atoms with Crippen LogP contribution in [0.3, 0.4) is 0 Å². The number of fused-ring (bicyclic) bond motifs is 1. The molecule has 2 atom stereocenters. The van der Waals surface area contributed by atoms with Gasteiger partial charge in [-0.25, -0.2) is 4.98 Å². The third-order valence-corrected chi connectivity index (χ3v) is 5.82. The molecule has 4 nitrogen and oxygen atoms in total. The molecule has 3 aliphatic heterocycles. The number of nitrogens with zero attached hydrogens (tertiary/aromatic N) is 3. The van der Waals surface area contributed by atoms with Crippen molar-refractivity contribution in [2.75, 3.05) is 32.7 Å². The molecule has 4 rings (SSSR count). The van der Waals surface area contributed by atoms with E-state index in [4.69, 9.17) is 4.98 Å². The second-order valence-corrected chi connectivity index (χ2v) is 7.53. The molecule has 122 valence electrons. The minimum Gasteiger partial charge on any atom is -0.332 e. The molecular formula is C18H30N4. The van der Waals surface area contributed by atoms with Crippen LogP contribution in [0.4, 0.5) is 0 Å². The minimum absolute atomic E-state index is 0.664. The number of piperidine rings is 2. The van der Waals surface area contributed by atoms with Gasteiger partial charge in [-0.1, -0.05) is 0 Å². The van der Waals surface area contributed by atoms with Crippen molar-refractivity contribution in [1.29, 1.82) is 0 Å². The van der Waals surface area contributed by atoms with E-state index in [1.54, 1.807) is 0 Å². The first-order valence-electron chi connectivity index (χ1n) is 9.37. The Bertz CT molecular complexity index is 489. The lowest BCUT2D eigenvalue weighted by Gasteiger charge is -2.36. The second-order valence-electron chi connectivity index (χ2n) is 7.53. The summed E-state index contributed by atoms with van der Waals surface area (Å²) in [6.07, 6.45) is 11.5. The van der Waals surface area contributed by atoms with Crippen LogP contribution >= 0.6 is 0 Å². The molecule has 3 aliphatic rings. The van der Waals surface area contributed by atoms with Crippen molar-refractivity contribution < 1.29 is 0 Å². The van der Waals surface area contributed by atoms with E-state index in [-0.39, 0.29) is 0 Å². The summed E-state index contributed by atoms with van der Waals surface area (Å²) in [4.78, 5) is 7.55. The van der Waals surface area contributed by atoms with Gasteiger partial charge in [0.25, 0.3) is 0 Å². The zero-order valence-corrected chi connectivity index (χ0v) is 13.8. The Morgan fingerprint density at radius 3 is 3.05 bits per heavy atom. The summed E-state index contributed by atoms with van der Waals surface area (Å²) in [6, 6.07) is 0. The second kappa shape index (κ2) is 6.71. The SMILES string of the molecule is c1nc(C2CCCN(CC3CCCNC3)C2)n2c1CCCC2. The fourth-order valence-electron chi connectivity index (χ4n) is 4.66. The van der Waals surface area contributed by atoms with Crippen molar-refractivity contribution in [2.45, 2.75) is 57.4 Å². The summed E-state index contributed by atoms with van der Waals surface area (Å²) < 4.78 is 2.54. The fraction of sp³-hybridized carbons (Fsp3) is 0.833. The fourth-order valence-corrected chi connectivity index (χ4v) is 4.66. The molecule has 0 aliphatic carbocycles. The molecule has 2 unspecified atom stereocenters. The molecule has 2 fully saturated rings. The molecule has 1 aromatic heterocycles. The van der Waals surface area contributed by atoms with Crippen LogP contribution in [0.5, 0.6) is 0 Å². The van der Waals surface area contributed by atoms with Gasteiger partial charge >= 0.3 is 0 Å². The maximum absolute atomic E-state index is 4.83. The Labute approximate surface area is 134 Å². The molecular weight excluding hydrogens is 272 g/mol. The van der Waals surface area contributed by atoms with Gasteiger partial charge in [0.15, 0.2) is 0 Å². The van der Waals surface area contributed by atoms with Crippen LogP contribution in [0.1, 0.15) is 56.0 Å². The Kier molecular flexibility index (Phi) is 4.49. The number of imidazole rings is 1. The summed E-state index contributed by atoms with van der Waals surface area (Å²) >= 11 is 0. The van der Waals surface area contributed by atoms with Crippen molar-refractivity contribution in [2.24, 2.45) is 5.92 Å². The monoisotopic (exact) mass is 302 g/mol. The summed E-state index contributed by atoms with van der Waals surface area (Å²) in [7, 11) is 0. The van der Waals surface area contributed by atoms with Gasteiger partial charge < -0.3 is 14.8 Å². The van der Waals surface area contributed by atoms with E-state index in [9.17, 15) is 0 Å². The summed E-state index contributed by atoms with van der Waals surface area (Å²) in [5, 5.41) is 3.56. The van der Waals surface area contributed by atoms with Crippen LogP contribution in [0, 0.1) is 5.92 Å². The molecule has 1 aromatic rings. The summed E-state index contributed by atoms with van der Waals surface area (Å²) in [5.74, 6) is 2.92. The highest BCUT2D eigenvalue weighted by Gasteiger charge is 2.28. The normalized spacial score (nSPS) is 30.2. The van der Waals surface area contributed by atoms with E-state index in [2.05, 4.69) is 21.0 Å². The smallest absolute Gasteiger partial charge is 0.113 e. The highest BCUT2D eigenvalue weighted by Crippen LogP contribution is 2.29. The summed E-state index contributed by atoms with van der Waals surface area (Å²) in [5.41, 5.74) is 1.48. The van der Waals surface area contributed by atoms with E-state index in [1.807, 2.05) is 0 Å². The Morgan fingerprint density at radius 2 is 2.14 bits per heavy atom. The highest BCUT2D eigenvalue weighted by molar-refractivity contribution is 5.12. The van der Waals surface area contributed by atoms with Gasteiger partial charge in [-0.2, -0.15) is 0 Å². The highest BCUT2D eigenvalue weighted by atomic mass is 15.2. The third kappa shape index (κ3) is 3.09. The molecule has 0 bridgehead atoms.